The summed E-state index contributed by atoms with van der Waals surface area (Å²) < 4.78 is 0. The van der Waals surface area contributed by atoms with Gasteiger partial charge in [0.05, 0.1) is 5.52 Å². The highest BCUT2D eigenvalue weighted by Gasteiger charge is 2.19. The van der Waals surface area contributed by atoms with Gasteiger partial charge in [-0.1, -0.05) is 24.3 Å². The van der Waals surface area contributed by atoms with Crippen molar-refractivity contribution in [2.24, 2.45) is 0 Å². The molecule has 1 heterocycles. The van der Waals surface area contributed by atoms with E-state index < -0.39 is 12.0 Å². The SMILES string of the molecule is O=C(O)[C@H](Cc1ccc(O)cc1)Nc1ncnc2ccccc12. The summed E-state index contributed by atoms with van der Waals surface area (Å²) >= 11 is 0. The molecule has 0 aliphatic rings. The average molecular weight is 309 g/mol. The fourth-order valence-electron chi connectivity index (χ4n) is 2.35. The number of phenolic OH excluding ortho intramolecular Hbond substituents is 1. The first kappa shape index (κ1) is 14.8. The lowest BCUT2D eigenvalue weighted by Gasteiger charge is -2.16. The third kappa shape index (κ3) is 3.37. The van der Waals surface area contributed by atoms with Crippen LogP contribution in [-0.2, 0) is 11.2 Å². The van der Waals surface area contributed by atoms with E-state index in [2.05, 4.69) is 15.3 Å². The van der Waals surface area contributed by atoms with Gasteiger partial charge in [-0.2, -0.15) is 0 Å². The Morgan fingerprint density at radius 3 is 2.57 bits per heavy atom. The van der Waals surface area contributed by atoms with Crippen molar-refractivity contribution in [2.45, 2.75) is 12.5 Å². The van der Waals surface area contributed by atoms with Gasteiger partial charge in [-0.3, -0.25) is 0 Å². The lowest BCUT2D eigenvalue weighted by Crippen LogP contribution is -2.32. The van der Waals surface area contributed by atoms with Crippen LogP contribution in [0, 0.1) is 0 Å². The third-order valence-electron chi connectivity index (χ3n) is 3.53. The number of para-hydroxylation sites is 1. The van der Waals surface area contributed by atoms with Crippen LogP contribution in [0.25, 0.3) is 10.9 Å². The number of fused-ring (bicyclic) bond motifs is 1. The molecule has 0 fully saturated rings. The van der Waals surface area contributed by atoms with Crippen LogP contribution in [-0.4, -0.2) is 32.2 Å². The van der Waals surface area contributed by atoms with Crippen molar-refractivity contribution in [3.05, 3.63) is 60.4 Å². The average Bonchev–Trinajstić information content (AvgIpc) is 2.56. The van der Waals surface area contributed by atoms with E-state index in [0.717, 1.165) is 16.5 Å². The van der Waals surface area contributed by atoms with Crippen LogP contribution in [0.15, 0.2) is 54.9 Å². The summed E-state index contributed by atoms with van der Waals surface area (Å²) in [7, 11) is 0. The van der Waals surface area contributed by atoms with Crippen molar-refractivity contribution in [1.29, 1.82) is 0 Å². The number of benzene rings is 2. The quantitative estimate of drug-likeness (QED) is 0.670. The highest BCUT2D eigenvalue weighted by atomic mass is 16.4. The molecule has 0 saturated carbocycles. The minimum atomic E-state index is -0.972. The van der Waals surface area contributed by atoms with Crippen LogP contribution in [0.1, 0.15) is 5.56 Å². The summed E-state index contributed by atoms with van der Waals surface area (Å²) in [5, 5.41) is 22.5. The van der Waals surface area contributed by atoms with E-state index in [4.69, 9.17) is 0 Å². The van der Waals surface area contributed by atoms with Gasteiger partial charge in [-0.25, -0.2) is 14.8 Å². The Morgan fingerprint density at radius 2 is 1.83 bits per heavy atom. The molecule has 0 saturated heterocycles. The number of carboxylic acid groups (broad SMARTS) is 1. The number of carboxylic acids is 1. The van der Waals surface area contributed by atoms with Crippen LogP contribution < -0.4 is 5.32 Å². The predicted molar refractivity (Wildman–Crippen MR) is 86.4 cm³/mol. The van der Waals surface area contributed by atoms with Crippen molar-refractivity contribution in [2.75, 3.05) is 5.32 Å². The number of carbonyl (C=O) groups is 1. The van der Waals surface area contributed by atoms with Crippen molar-refractivity contribution in [3.8, 4) is 5.75 Å². The smallest absolute Gasteiger partial charge is 0.326 e. The molecule has 6 nitrogen and oxygen atoms in total. The minimum absolute atomic E-state index is 0.148. The molecule has 0 bridgehead atoms. The van der Waals surface area contributed by atoms with Gasteiger partial charge < -0.3 is 15.5 Å². The van der Waals surface area contributed by atoms with Crippen LogP contribution in [0.2, 0.25) is 0 Å². The topological polar surface area (TPSA) is 95.3 Å². The molecule has 116 valence electrons. The minimum Gasteiger partial charge on any atom is -0.508 e. The van der Waals surface area contributed by atoms with Crippen molar-refractivity contribution in [3.63, 3.8) is 0 Å². The molecule has 0 unspecified atom stereocenters. The van der Waals surface area contributed by atoms with Crippen LogP contribution >= 0.6 is 0 Å². The van der Waals surface area contributed by atoms with Gasteiger partial charge in [0.1, 0.15) is 23.9 Å². The molecule has 6 heteroatoms. The molecule has 0 spiro atoms. The number of phenols is 1. The Balaban J connectivity index is 1.87. The van der Waals surface area contributed by atoms with E-state index in [0.29, 0.717) is 5.82 Å². The highest BCUT2D eigenvalue weighted by Crippen LogP contribution is 2.20. The van der Waals surface area contributed by atoms with E-state index in [1.54, 1.807) is 12.1 Å². The summed E-state index contributed by atoms with van der Waals surface area (Å²) in [5.74, 6) is -0.335. The summed E-state index contributed by atoms with van der Waals surface area (Å²) in [5.41, 5.74) is 1.56. The second-order valence-corrected chi connectivity index (χ2v) is 5.15. The number of hydrogen-bond acceptors (Lipinski definition) is 5. The zero-order valence-electron chi connectivity index (χ0n) is 12.2. The number of rotatable bonds is 5. The Hall–Kier alpha value is -3.15. The third-order valence-corrected chi connectivity index (χ3v) is 3.53. The second-order valence-electron chi connectivity index (χ2n) is 5.15. The molecule has 0 amide bonds. The van der Waals surface area contributed by atoms with Gasteiger partial charge in [-0.05, 0) is 29.8 Å². The van der Waals surface area contributed by atoms with Gasteiger partial charge >= 0.3 is 5.97 Å². The van der Waals surface area contributed by atoms with Gasteiger partial charge in [0.15, 0.2) is 0 Å². The summed E-state index contributed by atoms with van der Waals surface area (Å²) in [6.07, 6.45) is 1.68. The molecule has 0 aliphatic carbocycles. The van der Waals surface area contributed by atoms with E-state index in [1.807, 2.05) is 24.3 Å². The molecule has 3 aromatic rings. The lowest BCUT2D eigenvalue weighted by molar-refractivity contribution is -0.137. The van der Waals surface area contributed by atoms with E-state index in [9.17, 15) is 15.0 Å². The Kier molecular flexibility index (Phi) is 4.05. The molecule has 23 heavy (non-hydrogen) atoms. The molecule has 0 aliphatic heterocycles. The Bertz CT molecular complexity index is 829. The first-order chi connectivity index (χ1) is 11.1. The van der Waals surface area contributed by atoms with Crippen molar-refractivity contribution < 1.29 is 15.0 Å². The molecule has 3 N–H and O–H groups in total. The number of aromatic hydroxyl groups is 1. The van der Waals surface area contributed by atoms with Crippen LogP contribution in [0.4, 0.5) is 5.82 Å². The standard InChI is InChI=1S/C17H15N3O3/c21-12-7-5-11(6-8-12)9-15(17(22)23)20-16-13-3-1-2-4-14(13)18-10-19-16/h1-8,10,15,21H,9H2,(H,22,23)(H,18,19,20)/t15-/m0/s1. The number of aliphatic carboxylic acids is 1. The Morgan fingerprint density at radius 1 is 1.09 bits per heavy atom. The van der Waals surface area contributed by atoms with E-state index in [-0.39, 0.29) is 12.2 Å². The van der Waals surface area contributed by atoms with Gasteiger partial charge in [0.2, 0.25) is 0 Å². The molecule has 2 aromatic carbocycles. The number of anilines is 1. The van der Waals surface area contributed by atoms with E-state index in [1.165, 1.54) is 18.5 Å². The maximum Gasteiger partial charge on any atom is 0.326 e. The Labute approximate surface area is 132 Å². The summed E-state index contributed by atoms with van der Waals surface area (Å²) in [6.45, 7) is 0. The first-order valence-corrected chi connectivity index (χ1v) is 7.10. The van der Waals surface area contributed by atoms with Gasteiger partial charge in [0, 0.05) is 11.8 Å². The zero-order valence-corrected chi connectivity index (χ0v) is 12.2. The predicted octanol–water partition coefficient (Wildman–Crippen LogP) is 2.44. The molecular weight excluding hydrogens is 294 g/mol. The molecule has 1 atom stereocenters. The van der Waals surface area contributed by atoms with Crippen LogP contribution in [0.3, 0.4) is 0 Å². The fraction of sp³-hybridized carbons (Fsp3) is 0.118. The summed E-state index contributed by atoms with van der Waals surface area (Å²) in [6, 6.07) is 13.0. The first-order valence-electron chi connectivity index (χ1n) is 7.10. The van der Waals surface area contributed by atoms with Gasteiger partial charge in [-0.15, -0.1) is 0 Å². The maximum absolute atomic E-state index is 11.6. The zero-order chi connectivity index (χ0) is 16.2. The normalized spacial score (nSPS) is 12.0. The lowest BCUT2D eigenvalue weighted by atomic mass is 10.1. The summed E-state index contributed by atoms with van der Waals surface area (Å²) in [4.78, 5) is 19.9. The molecule has 0 radical (unpaired) electrons. The molecular formula is C17H15N3O3. The number of aromatic nitrogens is 2. The number of hydrogen-bond donors (Lipinski definition) is 3. The van der Waals surface area contributed by atoms with Crippen molar-refractivity contribution in [1.82, 2.24) is 9.97 Å². The number of nitrogens with one attached hydrogen (secondary N) is 1. The number of nitrogens with zero attached hydrogens (tertiary/aromatic N) is 2. The van der Waals surface area contributed by atoms with Gasteiger partial charge in [0.25, 0.3) is 0 Å². The molecule has 3 rings (SSSR count). The van der Waals surface area contributed by atoms with Crippen molar-refractivity contribution >= 4 is 22.7 Å². The largest absolute Gasteiger partial charge is 0.508 e. The fourth-order valence-corrected chi connectivity index (χ4v) is 2.35. The molecule has 1 aromatic heterocycles. The second kappa shape index (κ2) is 6.31. The maximum atomic E-state index is 11.6. The van der Waals surface area contributed by atoms with Crippen LogP contribution in [0.5, 0.6) is 5.75 Å². The highest BCUT2D eigenvalue weighted by molar-refractivity contribution is 5.90. The monoisotopic (exact) mass is 309 g/mol. The van der Waals surface area contributed by atoms with E-state index >= 15 is 0 Å².